The summed E-state index contributed by atoms with van der Waals surface area (Å²) >= 11 is 0. The van der Waals surface area contributed by atoms with E-state index in [2.05, 4.69) is 20.8 Å². The number of esters is 2. The summed E-state index contributed by atoms with van der Waals surface area (Å²) in [6.45, 7) is 6.33. The lowest BCUT2D eigenvalue weighted by Gasteiger charge is -2.12. The maximum Gasteiger partial charge on any atom is 0.305 e. The van der Waals surface area contributed by atoms with Gasteiger partial charge in [0, 0.05) is 12.8 Å². The van der Waals surface area contributed by atoms with Gasteiger partial charge in [-0.2, -0.15) is 0 Å². The Bertz CT molecular complexity index is 861. The highest BCUT2D eigenvalue weighted by Crippen LogP contribution is 2.14. The highest BCUT2D eigenvalue weighted by molar-refractivity contribution is 5.69. The van der Waals surface area contributed by atoms with Crippen LogP contribution in [0.15, 0.2) is 48.6 Å². The number of aliphatic hydroxyl groups is 3. The minimum Gasteiger partial charge on any atom is -0.463 e. The Morgan fingerprint density at radius 1 is 0.542 bits per heavy atom. The Labute approximate surface area is 294 Å². The van der Waals surface area contributed by atoms with Gasteiger partial charge in [-0.3, -0.25) is 9.59 Å². The van der Waals surface area contributed by atoms with E-state index in [1.165, 1.54) is 64.2 Å². The van der Waals surface area contributed by atoms with Gasteiger partial charge in [0.15, 0.2) is 0 Å². The minimum atomic E-state index is -1.05. The minimum absolute atomic E-state index is 0.136. The van der Waals surface area contributed by atoms with Gasteiger partial charge >= 0.3 is 11.9 Å². The molecular weight excluding hydrogens is 604 g/mol. The first-order valence-electron chi connectivity index (χ1n) is 19.3. The number of unbranched alkanes of at least 4 members (excludes halogenated alkanes) is 13. The maximum absolute atomic E-state index is 12.0. The molecule has 0 aromatic rings. The fraction of sp³-hybridized carbons (Fsp3) is 0.756. The Balaban J connectivity index is 3.69. The molecule has 48 heavy (non-hydrogen) atoms. The monoisotopic (exact) mass is 677 g/mol. The molecule has 0 aliphatic rings. The van der Waals surface area contributed by atoms with Gasteiger partial charge in [0.05, 0.1) is 12.2 Å². The molecule has 3 N–H and O–H groups in total. The van der Waals surface area contributed by atoms with Crippen LogP contribution in [-0.2, 0) is 19.1 Å². The van der Waals surface area contributed by atoms with Crippen LogP contribution in [0.5, 0.6) is 0 Å². The lowest BCUT2D eigenvalue weighted by atomic mass is 10.0. The molecule has 0 heterocycles. The van der Waals surface area contributed by atoms with E-state index in [9.17, 15) is 24.9 Å². The highest BCUT2D eigenvalue weighted by Gasteiger charge is 2.12. The first-order chi connectivity index (χ1) is 23.2. The second-order valence-electron chi connectivity index (χ2n) is 13.6. The second kappa shape index (κ2) is 34.6. The van der Waals surface area contributed by atoms with Crippen molar-refractivity contribution < 1.29 is 34.4 Å². The molecule has 0 bridgehead atoms. The van der Waals surface area contributed by atoms with Gasteiger partial charge < -0.3 is 24.8 Å². The van der Waals surface area contributed by atoms with Crippen molar-refractivity contribution in [1.29, 1.82) is 0 Å². The number of hydrogen-bond acceptors (Lipinski definition) is 7. The highest BCUT2D eigenvalue weighted by atomic mass is 16.6. The molecular formula is C41H72O7. The number of ether oxygens (including phenoxy) is 2. The number of carbonyl (C=O) groups excluding carboxylic acids is 2. The maximum atomic E-state index is 12.0. The third-order valence-corrected chi connectivity index (χ3v) is 8.20. The molecule has 0 amide bonds. The van der Waals surface area contributed by atoms with Crippen LogP contribution in [0.4, 0.5) is 0 Å². The molecule has 0 fully saturated rings. The summed E-state index contributed by atoms with van der Waals surface area (Å²) in [7, 11) is 0. The lowest BCUT2D eigenvalue weighted by Crippen LogP contribution is -2.25. The quantitative estimate of drug-likeness (QED) is 0.0360. The van der Waals surface area contributed by atoms with Crippen molar-refractivity contribution >= 4 is 11.9 Å². The predicted molar refractivity (Wildman–Crippen MR) is 199 cm³/mol. The SMILES string of the molecule is CCCCC[C@H](O)/C=C/C=C\C/C=C\C=C\[C@H](O)CCCC(=O)OC[C@H](O)COC(=O)CCCCCCCCCCCCCCC(C)C. The van der Waals surface area contributed by atoms with Crippen molar-refractivity contribution in [2.75, 3.05) is 13.2 Å². The van der Waals surface area contributed by atoms with Crippen molar-refractivity contribution in [3.05, 3.63) is 48.6 Å². The molecule has 0 spiro atoms. The van der Waals surface area contributed by atoms with Crippen molar-refractivity contribution in [3.63, 3.8) is 0 Å². The lowest BCUT2D eigenvalue weighted by molar-refractivity contribution is -0.152. The molecule has 278 valence electrons. The van der Waals surface area contributed by atoms with Crippen LogP contribution >= 0.6 is 0 Å². The fourth-order valence-electron chi connectivity index (χ4n) is 5.19. The molecule has 0 aromatic heterocycles. The third kappa shape index (κ3) is 35.1. The number of aliphatic hydroxyl groups excluding tert-OH is 3. The van der Waals surface area contributed by atoms with Gasteiger partial charge in [0.25, 0.3) is 0 Å². The molecule has 0 saturated heterocycles. The van der Waals surface area contributed by atoms with Crippen LogP contribution in [0.3, 0.4) is 0 Å². The molecule has 0 aliphatic carbocycles. The van der Waals surface area contributed by atoms with E-state index in [1.807, 2.05) is 36.5 Å². The Kier molecular flexibility index (Phi) is 33.0. The zero-order valence-corrected chi connectivity index (χ0v) is 30.9. The van der Waals surface area contributed by atoms with Crippen molar-refractivity contribution in [2.24, 2.45) is 5.92 Å². The molecule has 0 radical (unpaired) electrons. The topological polar surface area (TPSA) is 113 Å². The summed E-state index contributed by atoms with van der Waals surface area (Å²) in [4.78, 5) is 23.9. The van der Waals surface area contributed by atoms with Gasteiger partial charge in [-0.1, -0.05) is 166 Å². The first kappa shape index (κ1) is 45.8. The smallest absolute Gasteiger partial charge is 0.305 e. The second-order valence-corrected chi connectivity index (χ2v) is 13.6. The Hall–Kier alpha value is -2.22. The molecule has 7 nitrogen and oxygen atoms in total. The summed E-state index contributed by atoms with van der Waals surface area (Å²) in [6.07, 6.45) is 35.3. The van der Waals surface area contributed by atoms with Gasteiger partial charge in [-0.25, -0.2) is 0 Å². The van der Waals surface area contributed by atoms with Crippen molar-refractivity contribution in [3.8, 4) is 0 Å². The molecule has 0 aliphatic heterocycles. The largest absolute Gasteiger partial charge is 0.463 e. The van der Waals surface area contributed by atoms with Gasteiger partial charge in [0.2, 0.25) is 0 Å². The first-order valence-corrected chi connectivity index (χ1v) is 19.3. The van der Waals surface area contributed by atoms with Gasteiger partial charge in [0.1, 0.15) is 19.3 Å². The van der Waals surface area contributed by atoms with Crippen LogP contribution in [0.1, 0.15) is 162 Å². The molecule has 0 aromatic carbocycles. The van der Waals surface area contributed by atoms with Crippen LogP contribution in [-0.4, -0.2) is 58.8 Å². The Morgan fingerprint density at radius 3 is 1.44 bits per heavy atom. The van der Waals surface area contributed by atoms with Crippen LogP contribution in [0.25, 0.3) is 0 Å². The molecule has 0 unspecified atom stereocenters. The standard InChI is InChI=1S/C41H72O7/c1-4-5-21-28-37(42)29-23-18-14-12-15-19-24-30-38(43)31-26-33-41(46)48-35-39(44)34-47-40(45)32-25-20-16-11-9-7-6-8-10-13-17-22-27-36(2)3/h14-15,18-19,23-24,29-30,36-39,42-44H,4-13,16-17,20-22,25-28,31-35H2,1-3H3/b18-14-,19-15-,29-23+,30-24+/t37-,38-,39+/m0/s1. The summed E-state index contributed by atoms with van der Waals surface area (Å²) in [5.74, 6) is 0.0428. The average Bonchev–Trinajstić information content (AvgIpc) is 3.05. The normalized spacial score (nSPS) is 14.1. The number of allylic oxidation sites excluding steroid dienone is 6. The summed E-state index contributed by atoms with van der Waals surface area (Å²) in [5.41, 5.74) is 0. The van der Waals surface area contributed by atoms with E-state index in [0.29, 0.717) is 19.3 Å². The van der Waals surface area contributed by atoms with E-state index in [0.717, 1.165) is 57.3 Å². The molecule has 3 atom stereocenters. The average molecular weight is 677 g/mol. The van der Waals surface area contributed by atoms with Crippen LogP contribution in [0.2, 0.25) is 0 Å². The number of hydrogen-bond donors (Lipinski definition) is 3. The zero-order chi connectivity index (χ0) is 35.5. The molecule has 0 rings (SSSR count). The number of carbonyl (C=O) groups is 2. The van der Waals surface area contributed by atoms with E-state index in [4.69, 9.17) is 9.47 Å². The summed E-state index contributed by atoms with van der Waals surface area (Å²) in [5, 5.41) is 29.9. The zero-order valence-electron chi connectivity index (χ0n) is 30.9. The van der Waals surface area contributed by atoms with Crippen molar-refractivity contribution in [1.82, 2.24) is 0 Å². The van der Waals surface area contributed by atoms with Gasteiger partial charge in [-0.15, -0.1) is 0 Å². The summed E-state index contributed by atoms with van der Waals surface area (Å²) < 4.78 is 10.2. The van der Waals surface area contributed by atoms with E-state index < -0.39 is 18.2 Å². The fourth-order valence-corrected chi connectivity index (χ4v) is 5.19. The van der Waals surface area contributed by atoms with Crippen LogP contribution in [0, 0.1) is 5.92 Å². The van der Waals surface area contributed by atoms with Crippen LogP contribution < -0.4 is 0 Å². The Morgan fingerprint density at radius 2 is 0.958 bits per heavy atom. The van der Waals surface area contributed by atoms with E-state index in [1.54, 1.807) is 12.2 Å². The molecule has 0 saturated carbocycles. The van der Waals surface area contributed by atoms with Crippen molar-refractivity contribution in [2.45, 2.75) is 180 Å². The number of rotatable bonds is 33. The third-order valence-electron chi connectivity index (χ3n) is 8.20. The molecule has 7 heteroatoms. The van der Waals surface area contributed by atoms with E-state index >= 15 is 0 Å². The summed E-state index contributed by atoms with van der Waals surface area (Å²) in [6, 6.07) is 0. The predicted octanol–water partition coefficient (Wildman–Crippen LogP) is 9.64. The van der Waals surface area contributed by atoms with Gasteiger partial charge in [-0.05, 0) is 38.0 Å². The van der Waals surface area contributed by atoms with E-state index in [-0.39, 0.29) is 31.7 Å².